The van der Waals surface area contributed by atoms with Gasteiger partial charge in [0.1, 0.15) is 0 Å². The summed E-state index contributed by atoms with van der Waals surface area (Å²) < 4.78 is 42.5. The van der Waals surface area contributed by atoms with Gasteiger partial charge in [-0.05, 0) is 31.0 Å². The van der Waals surface area contributed by atoms with Gasteiger partial charge in [0.15, 0.2) is 0 Å². The van der Waals surface area contributed by atoms with Crippen molar-refractivity contribution in [1.82, 2.24) is 0 Å². The van der Waals surface area contributed by atoms with Crippen molar-refractivity contribution in [2.45, 2.75) is 38.1 Å². The minimum atomic E-state index is -4.14. The zero-order chi connectivity index (χ0) is 14.5. The highest BCUT2D eigenvalue weighted by Crippen LogP contribution is 2.25. The summed E-state index contributed by atoms with van der Waals surface area (Å²) in [6.07, 6.45) is -5.42. The van der Waals surface area contributed by atoms with Crippen LogP contribution in [0.2, 0.25) is 0 Å². The number of hydrogen-bond donors (Lipinski definition) is 1. The molecule has 0 aromatic heterocycles. The third-order valence-corrected chi connectivity index (χ3v) is 3.05. The summed E-state index contributed by atoms with van der Waals surface area (Å²) >= 11 is 3.34. The second-order valence-electron chi connectivity index (χ2n) is 4.42. The van der Waals surface area contributed by atoms with Gasteiger partial charge in [-0.25, -0.2) is 0 Å². The molecule has 2 atom stereocenters. The van der Waals surface area contributed by atoms with Crippen LogP contribution in [0.3, 0.4) is 0 Å². The van der Waals surface area contributed by atoms with E-state index in [9.17, 15) is 13.2 Å². The van der Waals surface area contributed by atoms with Crippen molar-refractivity contribution in [2.24, 2.45) is 5.73 Å². The standard InChI is InChI=1S/C13H17BrF3NO/c1-9(18)12(10-4-2-5-11(14)8-10)19-7-3-6-13(15,16)17/h2,4-5,8-9,12H,3,6-7,18H2,1H3. The molecule has 0 fully saturated rings. The van der Waals surface area contributed by atoms with Crippen LogP contribution in [-0.4, -0.2) is 18.8 Å². The molecule has 108 valence electrons. The zero-order valence-electron chi connectivity index (χ0n) is 10.6. The van der Waals surface area contributed by atoms with Crippen molar-refractivity contribution in [3.63, 3.8) is 0 Å². The lowest BCUT2D eigenvalue weighted by molar-refractivity contribution is -0.139. The summed E-state index contributed by atoms with van der Waals surface area (Å²) in [6, 6.07) is 7.12. The smallest absolute Gasteiger partial charge is 0.372 e. The van der Waals surface area contributed by atoms with Crippen molar-refractivity contribution in [2.75, 3.05) is 6.61 Å². The highest BCUT2D eigenvalue weighted by atomic mass is 79.9. The van der Waals surface area contributed by atoms with E-state index in [2.05, 4.69) is 15.9 Å². The molecular formula is C13H17BrF3NO. The first-order valence-corrected chi connectivity index (χ1v) is 6.78. The van der Waals surface area contributed by atoms with E-state index < -0.39 is 18.7 Å². The van der Waals surface area contributed by atoms with E-state index in [0.717, 1.165) is 10.0 Å². The van der Waals surface area contributed by atoms with Crippen LogP contribution >= 0.6 is 15.9 Å². The predicted octanol–water partition coefficient (Wildman–Crippen LogP) is 4.20. The molecule has 0 aliphatic carbocycles. The number of rotatable bonds is 6. The Kier molecular flexibility index (Phi) is 6.29. The normalized spacial score (nSPS) is 15.3. The van der Waals surface area contributed by atoms with Gasteiger partial charge in [-0.15, -0.1) is 0 Å². The highest BCUT2D eigenvalue weighted by Gasteiger charge is 2.26. The SMILES string of the molecule is CC(N)C(OCCCC(F)(F)F)c1cccc(Br)c1. The second-order valence-corrected chi connectivity index (χ2v) is 5.34. The number of alkyl halides is 3. The number of hydrogen-bond acceptors (Lipinski definition) is 2. The maximum absolute atomic E-state index is 12.0. The summed E-state index contributed by atoms with van der Waals surface area (Å²) in [6.45, 7) is 1.81. The minimum Gasteiger partial charge on any atom is -0.372 e. The molecule has 2 N–H and O–H groups in total. The van der Waals surface area contributed by atoms with Crippen molar-refractivity contribution in [1.29, 1.82) is 0 Å². The largest absolute Gasteiger partial charge is 0.389 e. The molecule has 0 saturated heterocycles. The molecule has 19 heavy (non-hydrogen) atoms. The molecule has 0 saturated carbocycles. The minimum absolute atomic E-state index is 0.0399. The molecule has 0 bridgehead atoms. The van der Waals surface area contributed by atoms with Crippen LogP contribution in [-0.2, 0) is 4.74 Å². The van der Waals surface area contributed by atoms with Crippen molar-refractivity contribution < 1.29 is 17.9 Å². The lowest BCUT2D eigenvalue weighted by Crippen LogP contribution is -2.27. The Morgan fingerprint density at radius 3 is 2.58 bits per heavy atom. The molecule has 0 amide bonds. The molecule has 2 unspecified atom stereocenters. The fraction of sp³-hybridized carbons (Fsp3) is 0.538. The Labute approximate surface area is 119 Å². The molecule has 1 aromatic rings. The van der Waals surface area contributed by atoms with E-state index in [-0.39, 0.29) is 19.1 Å². The first kappa shape index (κ1) is 16.5. The maximum atomic E-state index is 12.0. The quantitative estimate of drug-likeness (QED) is 0.788. The Balaban J connectivity index is 2.55. The maximum Gasteiger partial charge on any atom is 0.389 e. The third-order valence-electron chi connectivity index (χ3n) is 2.56. The van der Waals surface area contributed by atoms with Gasteiger partial charge in [-0.2, -0.15) is 13.2 Å². The van der Waals surface area contributed by atoms with Gasteiger partial charge >= 0.3 is 6.18 Å². The van der Waals surface area contributed by atoms with Crippen LogP contribution in [0, 0.1) is 0 Å². The van der Waals surface area contributed by atoms with Gasteiger partial charge in [0, 0.05) is 23.5 Å². The molecule has 0 heterocycles. The first-order chi connectivity index (χ1) is 8.79. The molecule has 0 radical (unpaired) electrons. The van der Waals surface area contributed by atoms with E-state index in [4.69, 9.17) is 10.5 Å². The average molecular weight is 340 g/mol. The topological polar surface area (TPSA) is 35.2 Å². The summed E-state index contributed by atoms with van der Waals surface area (Å²) in [5.41, 5.74) is 6.68. The highest BCUT2D eigenvalue weighted by molar-refractivity contribution is 9.10. The van der Waals surface area contributed by atoms with Crippen LogP contribution in [0.4, 0.5) is 13.2 Å². The fourth-order valence-electron chi connectivity index (χ4n) is 1.72. The van der Waals surface area contributed by atoms with E-state index >= 15 is 0 Å². The van der Waals surface area contributed by atoms with E-state index in [0.29, 0.717) is 0 Å². The van der Waals surface area contributed by atoms with Gasteiger partial charge in [-0.1, -0.05) is 28.1 Å². The summed E-state index contributed by atoms with van der Waals surface area (Å²) in [5.74, 6) is 0. The number of ether oxygens (including phenoxy) is 1. The molecule has 1 aromatic carbocycles. The average Bonchev–Trinajstić information content (AvgIpc) is 2.26. The monoisotopic (exact) mass is 339 g/mol. The molecular weight excluding hydrogens is 323 g/mol. The van der Waals surface area contributed by atoms with Gasteiger partial charge in [-0.3, -0.25) is 0 Å². The van der Waals surface area contributed by atoms with Crippen LogP contribution in [0.5, 0.6) is 0 Å². The van der Waals surface area contributed by atoms with Crippen LogP contribution < -0.4 is 5.73 Å². The Bertz CT molecular complexity index is 396. The molecule has 1 rings (SSSR count). The van der Waals surface area contributed by atoms with Crippen LogP contribution in [0.15, 0.2) is 28.7 Å². The molecule has 0 spiro atoms. The lowest BCUT2D eigenvalue weighted by atomic mass is 10.0. The summed E-state index contributed by atoms with van der Waals surface area (Å²) in [5, 5.41) is 0. The Morgan fingerprint density at radius 1 is 1.37 bits per heavy atom. The molecule has 2 nitrogen and oxygen atoms in total. The summed E-state index contributed by atoms with van der Waals surface area (Å²) in [4.78, 5) is 0. The van der Waals surface area contributed by atoms with Gasteiger partial charge in [0.05, 0.1) is 6.10 Å². The van der Waals surface area contributed by atoms with Gasteiger partial charge in [0.25, 0.3) is 0 Å². The molecule has 6 heteroatoms. The second kappa shape index (κ2) is 7.26. The molecule has 0 aliphatic heterocycles. The van der Waals surface area contributed by atoms with Crippen molar-refractivity contribution in [3.05, 3.63) is 34.3 Å². The lowest BCUT2D eigenvalue weighted by Gasteiger charge is -2.22. The number of nitrogens with two attached hydrogens (primary N) is 1. The third kappa shape index (κ3) is 6.40. The van der Waals surface area contributed by atoms with E-state index in [1.807, 2.05) is 24.3 Å². The fourth-order valence-corrected chi connectivity index (χ4v) is 2.13. The Hall–Kier alpha value is -0.590. The van der Waals surface area contributed by atoms with E-state index in [1.165, 1.54) is 0 Å². The zero-order valence-corrected chi connectivity index (χ0v) is 12.2. The summed E-state index contributed by atoms with van der Waals surface area (Å²) in [7, 11) is 0. The van der Waals surface area contributed by atoms with Crippen molar-refractivity contribution >= 4 is 15.9 Å². The first-order valence-electron chi connectivity index (χ1n) is 5.99. The number of halogens is 4. The number of benzene rings is 1. The van der Waals surface area contributed by atoms with Gasteiger partial charge in [0.2, 0.25) is 0 Å². The van der Waals surface area contributed by atoms with E-state index in [1.54, 1.807) is 6.92 Å². The predicted molar refractivity (Wildman–Crippen MR) is 71.8 cm³/mol. The van der Waals surface area contributed by atoms with Crippen LogP contribution in [0.1, 0.15) is 31.4 Å². The Morgan fingerprint density at radius 2 is 2.05 bits per heavy atom. The molecule has 0 aliphatic rings. The van der Waals surface area contributed by atoms with Crippen LogP contribution in [0.25, 0.3) is 0 Å². The van der Waals surface area contributed by atoms with Crippen molar-refractivity contribution in [3.8, 4) is 0 Å². The van der Waals surface area contributed by atoms with Gasteiger partial charge < -0.3 is 10.5 Å².